The third-order valence-electron chi connectivity index (χ3n) is 1.75. The summed E-state index contributed by atoms with van der Waals surface area (Å²) in [5.74, 6) is 5.08. The van der Waals surface area contributed by atoms with Gasteiger partial charge in [-0.25, -0.2) is 0 Å². The molecule has 0 aliphatic rings. The van der Waals surface area contributed by atoms with Crippen molar-refractivity contribution < 1.29 is 9.90 Å². The van der Waals surface area contributed by atoms with Crippen molar-refractivity contribution in [1.29, 1.82) is 0 Å². The number of phenolic OH excluding ortho intramolecular Hbond substituents is 1. The van der Waals surface area contributed by atoms with Gasteiger partial charge in [0, 0.05) is 11.9 Å². The molecule has 1 amide bonds. The predicted molar refractivity (Wildman–Crippen MR) is 63.1 cm³/mol. The molecular formula is C11H11ClN2O2. The van der Waals surface area contributed by atoms with E-state index in [4.69, 9.17) is 17.3 Å². The van der Waals surface area contributed by atoms with E-state index in [1.165, 1.54) is 19.1 Å². The summed E-state index contributed by atoms with van der Waals surface area (Å²) in [5.41, 5.74) is 6.02. The zero-order chi connectivity index (χ0) is 12.1. The van der Waals surface area contributed by atoms with E-state index in [0.717, 1.165) is 0 Å². The van der Waals surface area contributed by atoms with Crippen LogP contribution in [-0.2, 0) is 4.79 Å². The molecule has 5 heteroatoms. The van der Waals surface area contributed by atoms with E-state index in [-0.39, 0.29) is 23.9 Å². The second kappa shape index (κ2) is 5.29. The normalized spacial score (nSPS) is 9.12. The number of anilines is 1. The van der Waals surface area contributed by atoms with E-state index in [1.54, 1.807) is 0 Å². The molecule has 0 fully saturated rings. The lowest BCUT2D eigenvalue weighted by molar-refractivity contribution is -0.118. The summed E-state index contributed by atoms with van der Waals surface area (Å²) in [6.07, 6.45) is 0. The molecule has 0 unspecified atom stereocenters. The minimum Gasteiger partial charge on any atom is -0.505 e. The Bertz CT molecular complexity index is 475. The number of aromatic hydroxyl groups is 1. The number of nitrogens with two attached hydrogens (primary N) is 1. The lowest BCUT2D eigenvalue weighted by Crippen LogP contribution is -2.19. The smallest absolute Gasteiger partial charge is 0.217 e. The number of benzene rings is 1. The summed E-state index contributed by atoms with van der Waals surface area (Å²) in [6, 6.07) is 2.95. The molecule has 0 aliphatic heterocycles. The Morgan fingerprint density at radius 3 is 2.94 bits per heavy atom. The molecule has 0 radical (unpaired) electrons. The highest BCUT2D eigenvalue weighted by molar-refractivity contribution is 6.31. The van der Waals surface area contributed by atoms with Crippen LogP contribution >= 0.6 is 11.6 Å². The number of carbonyl (C=O) groups excluding carboxylic acids is 1. The lowest BCUT2D eigenvalue weighted by Gasteiger charge is -2.01. The highest BCUT2D eigenvalue weighted by Crippen LogP contribution is 2.28. The van der Waals surface area contributed by atoms with Gasteiger partial charge in [0.1, 0.15) is 0 Å². The van der Waals surface area contributed by atoms with Crippen LogP contribution in [0.2, 0.25) is 5.02 Å². The maximum absolute atomic E-state index is 10.6. The number of hydrogen-bond donors (Lipinski definition) is 3. The predicted octanol–water partition coefficient (Wildman–Crippen LogP) is 1.12. The molecule has 0 saturated carbocycles. The van der Waals surface area contributed by atoms with Crippen LogP contribution < -0.4 is 11.1 Å². The Balaban J connectivity index is 2.84. The van der Waals surface area contributed by atoms with Crippen molar-refractivity contribution in [3.8, 4) is 17.6 Å². The molecular weight excluding hydrogens is 228 g/mol. The second-order valence-corrected chi connectivity index (χ2v) is 3.54. The fourth-order valence-electron chi connectivity index (χ4n) is 1.02. The van der Waals surface area contributed by atoms with Gasteiger partial charge in [0.2, 0.25) is 5.91 Å². The summed E-state index contributed by atoms with van der Waals surface area (Å²) in [4.78, 5) is 10.6. The molecule has 84 valence electrons. The van der Waals surface area contributed by atoms with Crippen LogP contribution in [0.4, 0.5) is 5.69 Å². The molecule has 0 aliphatic carbocycles. The zero-order valence-electron chi connectivity index (χ0n) is 8.67. The van der Waals surface area contributed by atoms with E-state index in [1.807, 2.05) is 0 Å². The number of nitrogens with one attached hydrogen (secondary N) is 1. The molecule has 4 N–H and O–H groups in total. The molecule has 4 nitrogen and oxygen atoms in total. The number of nitrogen functional groups attached to an aromatic ring is 1. The Kier molecular flexibility index (Phi) is 4.03. The van der Waals surface area contributed by atoms with Gasteiger partial charge in [-0.2, -0.15) is 0 Å². The number of amides is 1. The van der Waals surface area contributed by atoms with Crippen LogP contribution in [0, 0.1) is 11.8 Å². The molecule has 1 aromatic rings. The second-order valence-electron chi connectivity index (χ2n) is 3.10. The van der Waals surface area contributed by atoms with E-state index in [2.05, 4.69) is 17.2 Å². The van der Waals surface area contributed by atoms with Gasteiger partial charge >= 0.3 is 0 Å². The average Bonchev–Trinajstić information content (AvgIpc) is 2.19. The van der Waals surface area contributed by atoms with Crippen molar-refractivity contribution in [2.24, 2.45) is 0 Å². The fourth-order valence-corrected chi connectivity index (χ4v) is 1.25. The Morgan fingerprint density at radius 2 is 2.31 bits per heavy atom. The van der Waals surface area contributed by atoms with Gasteiger partial charge < -0.3 is 16.2 Å². The van der Waals surface area contributed by atoms with Crippen LogP contribution in [0.25, 0.3) is 0 Å². The molecule has 0 atom stereocenters. The molecule has 0 saturated heterocycles. The monoisotopic (exact) mass is 238 g/mol. The van der Waals surface area contributed by atoms with Crippen LogP contribution in [0.15, 0.2) is 12.1 Å². The van der Waals surface area contributed by atoms with Crippen molar-refractivity contribution >= 4 is 23.2 Å². The SMILES string of the molecule is CC(=O)NCC#Cc1cc(Cl)cc(N)c1O. The van der Waals surface area contributed by atoms with Crippen molar-refractivity contribution in [3.63, 3.8) is 0 Å². The first-order valence-electron chi connectivity index (χ1n) is 4.52. The first-order chi connectivity index (χ1) is 7.50. The summed E-state index contributed by atoms with van der Waals surface area (Å²) in [7, 11) is 0. The van der Waals surface area contributed by atoms with Gasteiger partial charge in [0.15, 0.2) is 5.75 Å². The summed E-state index contributed by atoms with van der Waals surface area (Å²) in [5, 5.41) is 12.5. The van der Waals surface area contributed by atoms with Crippen LogP contribution in [0.5, 0.6) is 5.75 Å². The average molecular weight is 239 g/mol. The Hall–Kier alpha value is -1.86. The van der Waals surface area contributed by atoms with Gasteiger partial charge in [0.25, 0.3) is 0 Å². The maximum Gasteiger partial charge on any atom is 0.217 e. The molecule has 0 heterocycles. The first-order valence-corrected chi connectivity index (χ1v) is 4.90. The lowest BCUT2D eigenvalue weighted by atomic mass is 10.2. The van der Waals surface area contributed by atoms with Gasteiger partial charge in [-0.05, 0) is 12.1 Å². The summed E-state index contributed by atoms with van der Waals surface area (Å²) in [6.45, 7) is 1.61. The van der Waals surface area contributed by atoms with E-state index in [9.17, 15) is 9.90 Å². The third kappa shape index (κ3) is 3.37. The van der Waals surface area contributed by atoms with Crippen LogP contribution in [0.1, 0.15) is 12.5 Å². The molecule has 16 heavy (non-hydrogen) atoms. The molecule has 1 aromatic carbocycles. The van der Waals surface area contributed by atoms with Crippen molar-refractivity contribution in [1.82, 2.24) is 5.32 Å². The van der Waals surface area contributed by atoms with Gasteiger partial charge in [-0.1, -0.05) is 23.4 Å². The number of phenols is 1. The topological polar surface area (TPSA) is 75.4 Å². The minimum absolute atomic E-state index is 0.0975. The maximum atomic E-state index is 10.6. The van der Waals surface area contributed by atoms with Crippen LogP contribution in [-0.4, -0.2) is 17.6 Å². The number of rotatable bonds is 1. The van der Waals surface area contributed by atoms with Gasteiger partial charge in [0.05, 0.1) is 17.8 Å². The van der Waals surface area contributed by atoms with Gasteiger partial charge in [-0.15, -0.1) is 0 Å². The Morgan fingerprint density at radius 1 is 1.62 bits per heavy atom. The van der Waals surface area contributed by atoms with E-state index >= 15 is 0 Å². The zero-order valence-corrected chi connectivity index (χ0v) is 9.43. The summed E-state index contributed by atoms with van der Waals surface area (Å²) >= 11 is 5.76. The number of hydrogen-bond acceptors (Lipinski definition) is 3. The number of carbonyl (C=O) groups is 1. The van der Waals surface area contributed by atoms with Crippen LogP contribution in [0.3, 0.4) is 0 Å². The van der Waals surface area contributed by atoms with E-state index in [0.29, 0.717) is 10.6 Å². The minimum atomic E-state index is -0.163. The third-order valence-corrected chi connectivity index (χ3v) is 1.97. The highest BCUT2D eigenvalue weighted by Gasteiger charge is 2.04. The highest BCUT2D eigenvalue weighted by atomic mass is 35.5. The molecule has 0 spiro atoms. The number of halogens is 1. The first kappa shape index (κ1) is 12.2. The van der Waals surface area contributed by atoms with E-state index < -0.39 is 0 Å². The van der Waals surface area contributed by atoms with Crippen molar-refractivity contribution in [2.45, 2.75) is 6.92 Å². The summed E-state index contributed by atoms with van der Waals surface area (Å²) < 4.78 is 0. The molecule has 0 aromatic heterocycles. The van der Waals surface area contributed by atoms with Crippen molar-refractivity contribution in [2.75, 3.05) is 12.3 Å². The Labute approximate surface area is 98.4 Å². The molecule has 0 bridgehead atoms. The quantitative estimate of drug-likeness (QED) is 0.390. The van der Waals surface area contributed by atoms with Gasteiger partial charge in [-0.3, -0.25) is 4.79 Å². The largest absolute Gasteiger partial charge is 0.505 e. The standard InChI is InChI=1S/C11H11ClN2O2/c1-7(15)14-4-2-3-8-5-9(12)6-10(13)11(8)16/h5-6,16H,4,13H2,1H3,(H,14,15). The van der Waals surface area contributed by atoms with Crippen molar-refractivity contribution in [3.05, 3.63) is 22.7 Å². The fraction of sp³-hybridized carbons (Fsp3) is 0.182. The molecule has 1 rings (SSSR count).